The van der Waals surface area contributed by atoms with Crippen LogP contribution in [0.3, 0.4) is 0 Å². The second-order valence-electron chi connectivity index (χ2n) is 4.81. The van der Waals surface area contributed by atoms with Crippen molar-refractivity contribution in [3.05, 3.63) is 22.8 Å². The SMILES string of the molecule is CCN(c1ccc(Cl)c(CCl)n1)C1CCCCC1. The van der Waals surface area contributed by atoms with E-state index in [1.54, 1.807) is 0 Å². The van der Waals surface area contributed by atoms with Crippen LogP contribution in [-0.4, -0.2) is 17.6 Å². The summed E-state index contributed by atoms with van der Waals surface area (Å²) >= 11 is 11.9. The third-order valence-corrected chi connectivity index (χ3v) is 4.28. The molecule has 0 N–H and O–H groups in total. The third-order valence-electron chi connectivity index (χ3n) is 3.68. The Bertz CT molecular complexity index is 389. The predicted molar refractivity (Wildman–Crippen MR) is 78.7 cm³/mol. The van der Waals surface area contributed by atoms with Crippen LogP contribution in [0.15, 0.2) is 12.1 Å². The number of halogens is 2. The van der Waals surface area contributed by atoms with Gasteiger partial charge < -0.3 is 4.90 Å². The first-order valence-electron chi connectivity index (χ1n) is 6.74. The van der Waals surface area contributed by atoms with Gasteiger partial charge in [-0.05, 0) is 31.9 Å². The summed E-state index contributed by atoms with van der Waals surface area (Å²) in [5, 5.41) is 0.661. The lowest BCUT2D eigenvalue weighted by Crippen LogP contribution is -2.37. The molecule has 0 bridgehead atoms. The van der Waals surface area contributed by atoms with Crippen LogP contribution in [0.25, 0.3) is 0 Å². The molecule has 0 radical (unpaired) electrons. The molecule has 1 aliphatic rings. The number of nitrogens with zero attached hydrogens (tertiary/aromatic N) is 2. The van der Waals surface area contributed by atoms with Crippen molar-refractivity contribution in [3.8, 4) is 0 Å². The zero-order valence-electron chi connectivity index (χ0n) is 10.8. The van der Waals surface area contributed by atoms with Gasteiger partial charge in [0.15, 0.2) is 0 Å². The Kier molecular flexibility index (Phi) is 5.13. The van der Waals surface area contributed by atoms with Crippen LogP contribution in [0.1, 0.15) is 44.7 Å². The summed E-state index contributed by atoms with van der Waals surface area (Å²) in [5.74, 6) is 1.39. The van der Waals surface area contributed by atoms with Crippen molar-refractivity contribution < 1.29 is 0 Å². The molecule has 0 aliphatic heterocycles. The molecule has 1 saturated carbocycles. The van der Waals surface area contributed by atoms with Gasteiger partial charge in [-0.25, -0.2) is 4.98 Å². The van der Waals surface area contributed by atoms with E-state index in [1.807, 2.05) is 12.1 Å². The Morgan fingerprint density at radius 2 is 2.00 bits per heavy atom. The minimum atomic E-state index is 0.370. The van der Waals surface area contributed by atoms with Crippen molar-refractivity contribution in [2.24, 2.45) is 0 Å². The Morgan fingerprint density at radius 1 is 1.28 bits per heavy atom. The van der Waals surface area contributed by atoms with Gasteiger partial charge in [0.2, 0.25) is 0 Å². The van der Waals surface area contributed by atoms with Crippen LogP contribution >= 0.6 is 23.2 Å². The average molecular weight is 287 g/mol. The molecule has 1 heterocycles. The van der Waals surface area contributed by atoms with E-state index >= 15 is 0 Å². The molecular weight excluding hydrogens is 267 g/mol. The molecule has 1 fully saturated rings. The molecule has 4 heteroatoms. The van der Waals surface area contributed by atoms with Gasteiger partial charge >= 0.3 is 0 Å². The highest BCUT2D eigenvalue weighted by Gasteiger charge is 2.21. The molecule has 1 aliphatic carbocycles. The summed E-state index contributed by atoms with van der Waals surface area (Å²) in [6.07, 6.45) is 6.58. The summed E-state index contributed by atoms with van der Waals surface area (Å²) in [6.45, 7) is 3.17. The maximum absolute atomic E-state index is 6.06. The molecule has 0 saturated heterocycles. The quantitative estimate of drug-likeness (QED) is 0.750. The van der Waals surface area contributed by atoms with Gasteiger partial charge in [-0.3, -0.25) is 0 Å². The average Bonchev–Trinajstić information content (AvgIpc) is 2.42. The van der Waals surface area contributed by atoms with Crippen LogP contribution in [0.5, 0.6) is 0 Å². The highest BCUT2D eigenvalue weighted by molar-refractivity contribution is 6.32. The zero-order valence-corrected chi connectivity index (χ0v) is 12.3. The molecule has 0 spiro atoms. The van der Waals surface area contributed by atoms with E-state index in [9.17, 15) is 0 Å². The van der Waals surface area contributed by atoms with Crippen LogP contribution in [-0.2, 0) is 5.88 Å². The van der Waals surface area contributed by atoms with Gasteiger partial charge in [0.1, 0.15) is 5.82 Å². The minimum Gasteiger partial charge on any atom is -0.354 e. The monoisotopic (exact) mass is 286 g/mol. The van der Waals surface area contributed by atoms with E-state index in [-0.39, 0.29) is 0 Å². The van der Waals surface area contributed by atoms with Crippen molar-refractivity contribution >= 4 is 29.0 Å². The van der Waals surface area contributed by atoms with Crippen molar-refractivity contribution in [2.75, 3.05) is 11.4 Å². The van der Waals surface area contributed by atoms with Gasteiger partial charge in [0.25, 0.3) is 0 Å². The molecule has 0 atom stereocenters. The first-order chi connectivity index (χ1) is 8.76. The van der Waals surface area contributed by atoms with E-state index in [0.717, 1.165) is 18.1 Å². The second-order valence-corrected chi connectivity index (χ2v) is 5.48. The lowest BCUT2D eigenvalue weighted by molar-refractivity contribution is 0.416. The summed E-state index contributed by atoms with van der Waals surface area (Å²) in [4.78, 5) is 6.99. The van der Waals surface area contributed by atoms with Crippen molar-refractivity contribution in [3.63, 3.8) is 0 Å². The highest BCUT2D eigenvalue weighted by Crippen LogP contribution is 2.28. The molecule has 2 nitrogen and oxygen atoms in total. The van der Waals surface area contributed by atoms with Gasteiger partial charge in [0, 0.05) is 12.6 Å². The molecule has 18 heavy (non-hydrogen) atoms. The van der Waals surface area contributed by atoms with Crippen LogP contribution < -0.4 is 4.90 Å². The van der Waals surface area contributed by atoms with E-state index in [0.29, 0.717) is 16.9 Å². The Balaban J connectivity index is 2.20. The first kappa shape index (κ1) is 14.0. The Morgan fingerprint density at radius 3 is 2.61 bits per heavy atom. The van der Waals surface area contributed by atoms with Crippen LogP contribution in [0.4, 0.5) is 5.82 Å². The van der Waals surface area contributed by atoms with E-state index in [1.165, 1.54) is 32.1 Å². The standard InChI is InChI=1S/C14H20Cl2N2/c1-2-18(11-6-4-3-5-7-11)14-9-8-12(16)13(10-15)17-14/h8-9,11H,2-7,10H2,1H3. The zero-order chi connectivity index (χ0) is 13.0. The molecule has 0 amide bonds. The maximum atomic E-state index is 6.06. The molecule has 100 valence electrons. The second kappa shape index (κ2) is 6.63. The fourth-order valence-electron chi connectivity index (χ4n) is 2.73. The molecule has 0 unspecified atom stereocenters. The normalized spacial score (nSPS) is 16.8. The lowest BCUT2D eigenvalue weighted by atomic mass is 9.94. The molecule has 1 aromatic rings. The highest BCUT2D eigenvalue weighted by atomic mass is 35.5. The lowest BCUT2D eigenvalue weighted by Gasteiger charge is -2.34. The third kappa shape index (κ3) is 3.10. The number of hydrogen-bond donors (Lipinski definition) is 0. The fourth-order valence-corrected chi connectivity index (χ4v) is 3.17. The number of anilines is 1. The number of aromatic nitrogens is 1. The molecule has 1 aromatic heterocycles. The molecule has 2 rings (SSSR count). The number of pyridine rings is 1. The Hall–Kier alpha value is -0.470. The van der Waals surface area contributed by atoms with E-state index in [4.69, 9.17) is 23.2 Å². The topological polar surface area (TPSA) is 16.1 Å². The summed E-state index contributed by atoms with van der Waals surface area (Å²) in [7, 11) is 0. The number of alkyl halides is 1. The van der Waals surface area contributed by atoms with Gasteiger partial charge in [-0.2, -0.15) is 0 Å². The molecule has 0 aromatic carbocycles. The smallest absolute Gasteiger partial charge is 0.129 e. The van der Waals surface area contributed by atoms with Crippen LogP contribution in [0.2, 0.25) is 5.02 Å². The number of hydrogen-bond acceptors (Lipinski definition) is 2. The largest absolute Gasteiger partial charge is 0.354 e. The van der Waals surface area contributed by atoms with E-state index < -0.39 is 0 Å². The summed E-state index contributed by atoms with van der Waals surface area (Å²) < 4.78 is 0. The summed E-state index contributed by atoms with van der Waals surface area (Å²) in [5.41, 5.74) is 0.782. The van der Waals surface area contributed by atoms with Gasteiger partial charge in [-0.1, -0.05) is 30.9 Å². The van der Waals surface area contributed by atoms with Crippen molar-refractivity contribution in [1.82, 2.24) is 4.98 Å². The fraction of sp³-hybridized carbons (Fsp3) is 0.643. The van der Waals surface area contributed by atoms with Crippen LogP contribution in [0, 0.1) is 0 Å². The van der Waals surface area contributed by atoms with Gasteiger partial charge in [0.05, 0.1) is 16.6 Å². The first-order valence-corrected chi connectivity index (χ1v) is 7.65. The summed E-state index contributed by atoms with van der Waals surface area (Å²) in [6, 6.07) is 4.55. The number of rotatable bonds is 4. The van der Waals surface area contributed by atoms with Crippen molar-refractivity contribution in [2.45, 2.75) is 50.9 Å². The van der Waals surface area contributed by atoms with Crippen molar-refractivity contribution in [1.29, 1.82) is 0 Å². The maximum Gasteiger partial charge on any atom is 0.129 e. The van der Waals surface area contributed by atoms with Gasteiger partial charge in [-0.15, -0.1) is 11.6 Å². The minimum absolute atomic E-state index is 0.370. The Labute approximate surface area is 119 Å². The van der Waals surface area contributed by atoms with E-state index in [2.05, 4.69) is 16.8 Å². The predicted octanol–water partition coefficient (Wildman–Crippen LogP) is 4.63. The molecular formula is C14H20Cl2N2.